The summed E-state index contributed by atoms with van der Waals surface area (Å²) in [6, 6.07) is 8.27. The highest BCUT2D eigenvalue weighted by Gasteiger charge is 2.00. The van der Waals surface area contributed by atoms with Crippen molar-refractivity contribution in [2.24, 2.45) is 0 Å². The van der Waals surface area contributed by atoms with E-state index in [0.29, 0.717) is 0 Å². The summed E-state index contributed by atoms with van der Waals surface area (Å²) >= 11 is 0. The standard InChI is InChI=1S/C15H19N3/c1-18(2)11-3-4-15-12-14(7-10-17-15)13-5-8-16-9-6-13/h5-10,12H,3-4,11H2,1-2H3. The lowest BCUT2D eigenvalue weighted by Gasteiger charge is -2.09. The minimum absolute atomic E-state index is 1.02. The number of aromatic nitrogens is 2. The molecule has 2 aromatic heterocycles. The molecule has 94 valence electrons. The van der Waals surface area contributed by atoms with Crippen LogP contribution in [-0.2, 0) is 6.42 Å². The predicted octanol–water partition coefficient (Wildman–Crippen LogP) is 2.64. The van der Waals surface area contributed by atoms with Crippen molar-refractivity contribution in [2.75, 3.05) is 20.6 Å². The Bertz CT molecular complexity index is 480. The minimum atomic E-state index is 1.02. The first-order valence-electron chi connectivity index (χ1n) is 6.26. The molecule has 0 N–H and O–H groups in total. The van der Waals surface area contributed by atoms with E-state index in [0.717, 1.165) is 25.1 Å². The third-order valence-corrected chi connectivity index (χ3v) is 2.87. The van der Waals surface area contributed by atoms with E-state index in [2.05, 4.69) is 35.0 Å². The zero-order chi connectivity index (χ0) is 12.8. The van der Waals surface area contributed by atoms with Crippen LogP contribution in [0.3, 0.4) is 0 Å². The van der Waals surface area contributed by atoms with Crippen LogP contribution in [0.25, 0.3) is 11.1 Å². The second-order valence-electron chi connectivity index (χ2n) is 4.68. The van der Waals surface area contributed by atoms with Gasteiger partial charge in [0.1, 0.15) is 0 Å². The molecule has 18 heavy (non-hydrogen) atoms. The number of rotatable bonds is 5. The molecular formula is C15H19N3. The molecule has 2 heterocycles. The summed E-state index contributed by atoms with van der Waals surface area (Å²) in [4.78, 5) is 10.7. The molecule has 2 aromatic rings. The smallest absolute Gasteiger partial charge is 0.0410 e. The van der Waals surface area contributed by atoms with Crippen LogP contribution < -0.4 is 0 Å². The van der Waals surface area contributed by atoms with Gasteiger partial charge in [0, 0.05) is 24.3 Å². The van der Waals surface area contributed by atoms with Crippen molar-refractivity contribution in [3.05, 3.63) is 48.5 Å². The molecule has 0 radical (unpaired) electrons. The first-order valence-corrected chi connectivity index (χ1v) is 6.26. The Balaban J connectivity index is 2.06. The van der Waals surface area contributed by atoms with E-state index in [1.165, 1.54) is 11.1 Å². The Hall–Kier alpha value is -1.74. The number of pyridine rings is 2. The highest BCUT2D eigenvalue weighted by atomic mass is 15.0. The Morgan fingerprint density at radius 1 is 1.00 bits per heavy atom. The number of aryl methyl sites for hydroxylation is 1. The van der Waals surface area contributed by atoms with Crippen LogP contribution >= 0.6 is 0 Å². The van der Waals surface area contributed by atoms with Gasteiger partial charge >= 0.3 is 0 Å². The molecule has 0 saturated carbocycles. The Morgan fingerprint density at radius 3 is 2.44 bits per heavy atom. The topological polar surface area (TPSA) is 29.0 Å². The first kappa shape index (κ1) is 12.7. The van der Waals surface area contributed by atoms with Gasteiger partial charge in [0.2, 0.25) is 0 Å². The normalized spacial score (nSPS) is 10.8. The molecule has 0 saturated heterocycles. The third kappa shape index (κ3) is 3.64. The van der Waals surface area contributed by atoms with Gasteiger partial charge in [-0.25, -0.2) is 0 Å². The number of hydrogen-bond acceptors (Lipinski definition) is 3. The van der Waals surface area contributed by atoms with Gasteiger partial charge in [-0.2, -0.15) is 0 Å². The predicted molar refractivity (Wildman–Crippen MR) is 74.3 cm³/mol. The maximum Gasteiger partial charge on any atom is 0.0410 e. The van der Waals surface area contributed by atoms with Gasteiger partial charge in [0.05, 0.1) is 0 Å². The van der Waals surface area contributed by atoms with Crippen LogP contribution in [0.4, 0.5) is 0 Å². The van der Waals surface area contributed by atoms with Crippen LogP contribution in [0, 0.1) is 0 Å². The van der Waals surface area contributed by atoms with Crippen molar-refractivity contribution in [2.45, 2.75) is 12.8 Å². The highest BCUT2D eigenvalue weighted by Crippen LogP contribution is 2.18. The zero-order valence-corrected chi connectivity index (χ0v) is 11.0. The van der Waals surface area contributed by atoms with Crippen molar-refractivity contribution in [3.8, 4) is 11.1 Å². The SMILES string of the molecule is CN(C)CCCc1cc(-c2ccncc2)ccn1. The van der Waals surface area contributed by atoms with Crippen molar-refractivity contribution in [1.29, 1.82) is 0 Å². The molecule has 0 unspecified atom stereocenters. The largest absolute Gasteiger partial charge is 0.309 e. The molecule has 0 aliphatic heterocycles. The van der Waals surface area contributed by atoms with Gasteiger partial charge in [-0.05, 0) is 68.9 Å². The molecule has 0 amide bonds. The van der Waals surface area contributed by atoms with Gasteiger partial charge in [-0.15, -0.1) is 0 Å². The van der Waals surface area contributed by atoms with E-state index in [-0.39, 0.29) is 0 Å². The number of hydrogen-bond donors (Lipinski definition) is 0. The summed E-state index contributed by atoms with van der Waals surface area (Å²) < 4.78 is 0. The first-order chi connectivity index (χ1) is 8.75. The Morgan fingerprint density at radius 2 is 1.72 bits per heavy atom. The monoisotopic (exact) mass is 241 g/mol. The average Bonchev–Trinajstić information content (AvgIpc) is 2.40. The molecule has 0 fully saturated rings. The van der Waals surface area contributed by atoms with Gasteiger partial charge in [-0.3, -0.25) is 9.97 Å². The van der Waals surface area contributed by atoms with E-state index < -0.39 is 0 Å². The fraction of sp³-hybridized carbons (Fsp3) is 0.333. The fourth-order valence-electron chi connectivity index (χ4n) is 1.92. The molecule has 0 bridgehead atoms. The summed E-state index contributed by atoms with van der Waals surface area (Å²) in [7, 11) is 4.20. The maximum atomic E-state index is 4.43. The average molecular weight is 241 g/mol. The zero-order valence-electron chi connectivity index (χ0n) is 11.0. The quantitative estimate of drug-likeness (QED) is 0.806. The summed E-state index contributed by atoms with van der Waals surface area (Å²) in [5.74, 6) is 0. The van der Waals surface area contributed by atoms with E-state index in [1.54, 1.807) is 0 Å². The second kappa shape index (κ2) is 6.26. The van der Waals surface area contributed by atoms with Crippen molar-refractivity contribution < 1.29 is 0 Å². The molecule has 0 aliphatic rings. The number of nitrogens with zero attached hydrogens (tertiary/aromatic N) is 3. The van der Waals surface area contributed by atoms with Crippen LogP contribution in [0.2, 0.25) is 0 Å². The van der Waals surface area contributed by atoms with Crippen LogP contribution in [-0.4, -0.2) is 35.5 Å². The minimum Gasteiger partial charge on any atom is -0.309 e. The molecule has 0 aromatic carbocycles. The van der Waals surface area contributed by atoms with Crippen LogP contribution in [0.15, 0.2) is 42.9 Å². The molecule has 2 rings (SSSR count). The van der Waals surface area contributed by atoms with Gasteiger partial charge < -0.3 is 4.90 Å². The fourth-order valence-corrected chi connectivity index (χ4v) is 1.92. The van der Waals surface area contributed by atoms with E-state index in [4.69, 9.17) is 0 Å². The molecule has 0 aliphatic carbocycles. The lowest BCUT2D eigenvalue weighted by Crippen LogP contribution is -2.13. The molecular weight excluding hydrogens is 222 g/mol. The van der Waals surface area contributed by atoms with Crippen LogP contribution in [0.1, 0.15) is 12.1 Å². The molecule has 3 heteroatoms. The van der Waals surface area contributed by atoms with E-state index in [9.17, 15) is 0 Å². The second-order valence-corrected chi connectivity index (χ2v) is 4.68. The summed E-state index contributed by atoms with van der Waals surface area (Å²) in [6.45, 7) is 1.10. The van der Waals surface area contributed by atoms with Crippen LogP contribution in [0.5, 0.6) is 0 Å². The summed E-state index contributed by atoms with van der Waals surface area (Å²) in [5.41, 5.74) is 3.57. The van der Waals surface area contributed by atoms with Gasteiger partial charge in [0.15, 0.2) is 0 Å². The molecule has 0 spiro atoms. The van der Waals surface area contributed by atoms with Gasteiger partial charge in [-0.1, -0.05) is 0 Å². The Labute approximate surface area is 109 Å². The van der Waals surface area contributed by atoms with E-state index in [1.807, 2.05) is 36.8 Å². The third-order valence-electron chi connectivity index (χ3n) is 2.87. The summed E-state index contributed by atoms with van der Waals surface area (Å²) in [5, 5.41) is 0. The van der Waals surface area contributed by atoms with Crippen molar-refractivity contribution in [3.63, 3.8) is 0 Å². The van der Waals surface area contributed by atoms with Gasteiger partial charge in [0.25, 0.3) is 0 Å². The lowest BCUT2D eigenvalue weighted by atomic mass is 10.1. The van der Waals surface area contributed by atoms with Crippen molar-refractivity contribution >= 4 is 0 Å². The van der Waals surface area contributed by atoms with Crippen molar-refractivity contribution in [1.82, 2.24) is 14.9 Å². The molecule has 3 nitrogen and oxygen atoms in total. The Kier molecular flexibility index (Phi) is 4.42. The maximum absolute atomic E-state index is 4.43. The van der Waals surface area contributed by atoms with E-state index >= 15 is 0 Å². The highest BCUT2D eigenvalue weighted by molar-refractivity contribution is 5.62. The molecule has 0 atom stereocenters. The lowest BCUT2D eigenvalue weighted by molar-refractivity contribution is 0.399. The summed E-state index contributed by atoms with van der Waals surface area (Å²) in [6.07, 6.45) is 7.70.